The smallest absolute Gasteiger partial charge is 0.128 e. The lowest BCUT2D eigenvalue weighted by atomic mass is 10.0. The largest absolute Gasteiger partial charge is 0.306 e. The minimum atomic E-state index is -0.281. The Morgan fingerprint density at radius 1 is 1.37 bits per heavy atom. The standard InChI is InChI=1S/C13H11BrCl2FNS/c1-2-18-12(11-6-9(14)13(16)19-11)8-5-7(15)3-4-10(8)17/h3-6,12,18H,2H2,1H3. The molecule has 6 heteroatoms. The number of benzene rings is 1. The molecule has 19 heavy (non-hydrogen) atoms. The SMILES string of the molecule is CCNC(c1cc(Br)c(Cl)s1)c1cc(Cl)ccc1F. The van der Waals surface area contributed by atoms with Crippen LogP contribution in [0.1, 0.15) is 23.4 Å². The van der Waals surface area contributed by atoms with Gasteiger partial charge in [0.05, 0.1) is 6.04 Å². The Hall–Kier alpha value is -0.130. The molecule has 2 rings (SSSR count). The summed E-state index contributed by atoms with van der Waals surface area (Å²) in [6.45, 7) is 2.68. The van der Waals surface area contributed by atoms with E-state index in [0.717, 1.165) is 9.35 Å². The summed E-state index contributed by atoms with van der Waals surface area (Å²) in [5.74, 6) is -0.281. The molecule has 1 N–H and O–H groups in total. The van der Waals surface area contributed by atoms with E-state index in [9.17, 15) is 4.39 Å². The van der Waals surface area contributed by atoms with Crippen LogP contribution >= 0.6 is 50.5 Å². The van der Waals surface area contributed by atoms with Gasteiger partial charge in [0.25, 0.3) is 0 Å². The van der Waals surface area contributed by atoms with Gasteiger partial charge in [0.1, 0.15) is 10.2 Å². The molecule has 0 aliphatic rings. The van der Waals surface area contributed by atoms with Crippen LogP contribution in [0, 0.1) is 5.82 Å². The molecule has 1 heterocycles. The second-order valence-electron chi connectivity index (χ2n) is 3.93. The summed E-state index contributed by atoms with van der Waals surface area (Å²) in [6, 6.07) is 6.22. The predicted octanol–water partition coefficient (Wildman–Crippen LogP) is 5.66. The number of thiophene rings is 1. The normalized spacial score (nSPS) is 12.7. The molecular formula is C13H11BrCl2FNS. The molecule has 1 unspecified atom stereocenters. The Labute approximate surface area is 133 Å². The third kappa shape index (κ3) is 3.50. The van der Waals surface area contributed by atoms with Crippen molar-refractivity contribution in [1.82, 2.24) is 5.32 Å². The zero-order chi connectivity index (χ0) is 14.0. The maximum Gasteiger partial charge on any atom is 0.128 e. The quantitative estimate of drug-likeness (QED) is 0.719. The highest BCUT2D eigenvalue weighted by atomic mass is 79.9. The molecule has 0 bridgehead atoms. The second kappa shape index (κ2) is 6.55. The first-order valence-corrected chi connectivity index (χ1v) is 8.02. The van der Waals surface area contributed by atoms with Crippen LogP contribution in [0.4, 0.5) is 4.39 Å². The minimum Gasteiger partial charge on any atom is -0.306 e. The summed E-state index contributed by atoms with van der Waals surface area (Å²) >= 11 is 16.8. The summed E-state index contributed by atoms with van der Waals surface area (Å²) in [7, 11) is 0. The highest BCUT2D eigenvalue weighted by molar-refractivity contribution is 9.10. The van der Waals surface area contributed by atoms with Gasteiger partial charge in [-0.2, -0.15) is 0 Å². The van der Waals surface area contributed by atoms with Gasteiger partial charge in [-0.1, -0.05) is 30.1 Å². The van der Waals surface area contributed by atoms with E-state index in [1.807, 2.05) is 13.0 Å². The zero-order valence-corrected chi connectivity index (χ0v) is 13.9. The topological polar surface area (TPSA) is 12.0 Å². The molecule has 1 atom stereocenters. The molecule has 0 radical (unpaired) electrons. The number of halogens is 4. The van der Waals surface area contributed by atoms with Gasteiger partial charge in [0.15, 0.2) is 0 Å². The van der Waals surface area contributed by atoms with E-state index in [4.69, 9.17) is 23.2 Å². The lowest BCUT2D eigenvalue weighted by Gasteiger charge is -2.17. The van der Waals surface area contributed by atoms with Gasteiger partial charge in [-0.05, 0) is 46.7 Å². The van der Waals surface area contributed by atoms with Gasteiger partial charge in [-0.15, -0.1) is 11.3 Å². The van der Waals surface area contributed by atoms with Gasteiger partial charge in [0.2, 0.25) is 0 Å². The van der Waals surface area contributed by atoms with Crippen molar-refractivity contribution in [2.75, 3.05) is 6.54 Å². The first-order chi connectivity index (χ1) is 9.02. The molecule has 0 saturated carbocycles. The summed E-state index contributed by atoms with van der Waals surface area (Å²) in [5.41, 5.74) is 0.528. The van der Waals surface area contributed by atoms with Gasteiger partial charge < -0.3 is 5.32 Å². The van der Waals surface area contributed by atoms with E-state index in [0.29, 0.717) is 21.5 Å². The summed E-state index contributed by atoms with van der Waals surface area (Å²) < 4.78 is 15.5. The summed E-state index contributed by atoms with van der Waals surface area (Å²) in [5, 5.41) is 3.77. The highest BCUT2D eigenvalue weighted by Crippen LogP contribution is 2.38. The number of hydrogen-bond donors (Lipinski definition) is 1. The molecule has 0 spiro atoms. The van der Waals surface area contributed by atoms with Gasteiger partial charge in [-0.25, -0.2) is 4.39 Å². The Bertz CT molecular complexity index is 569. The molecular weight excluding hydrogens is 372 g/mol. The Morgan fingerprint density at radius 2 is 2.11 bits per heavy atom. The van der Waals surface area contributed by atoms with Crippen molar-refractivity contribution in [2.24, 2.45) is 0 Å². The molecule has 0 fully saturated rings. The first-order valence-electron chi connectivity index (χ1n) is 5.66. The Morgan fingerprint density at radius 3 is 2.68 bits per heavy atom. The molecule has 0 aliphatic carbocycles. The van der Waals surface area contributed by atoms with E-state index < -0.39 is 0 Å². The molecule has 102 valence electrons. The lowest BCUT2D eigenvalue weighted by Crippen LogP contribution is -2.22. The Kier molecular flexibility index (Phi) is 5.26. The van der Waals surface area contributed by atoms with Crippen LogP contribution in [-0.4, -0.2) is 6.54 Å². The number of nitrogens with one attached hydrogen (secondary N) is 1. The van der Waals surface area contributed by atoms with Crippen LogP contribution in [-0.2, 0) is 0 Å². The number of hydrogen-bond acceptors (Lipinski definition) is 2. The molecule has 0 saturated heterocycles. The van der Waals surface area contributed by atoms with Crippen molar-refractivity contribution in [2.45, 2.75) is 13.0 Å². The fraction of sp³-hybridized carbons (Fsp3) is 0.231. The molecule has 1 aromatic carbocycles. The van der Waals surface area contributed by atoms with Crippen molar-refractivity contribution < 1.29 is 4.39 Å². The van der Waals surface area contributed by atoms with E-state index in [1.54, 1.807) is 12.1 Å². The highest BCUT2D eigenvalue weighted by Gasteiger charge is 2.20. The lowest BCUT2D eigenvalue weighted by molar-refractivity contribution is 0.563. The fourth-order valence-corrected chi connectivity index (χ4v) is 3.82. The van der Waals surface area contributed by atoms with Crippen molar-refractivity contribution in [3.63, 3.8) is 0 Å². The van der Waals surface area contributed by atoms with Crippen molar-refractivity contribution in [1.29, 1.82) is 0 Å². The first kappa shape index (κ1) is 15.3. The van der Waals surface area contributed by atoms with Crippen LogP contribution in [0.25, 0.3) is 0 Å². The van der Waals surface area contributed by atoms with Crippen LogP contribution in [0.5, 0.6) is 0 Å². The minimum absolute atomic E-state index is 0.252. The van der Waals surface area contributed by atoms with E-state index in [-0.39, 0.29) is 11.9 Å². The molecule has 1 nitrogen and oxygen atoms in total. The van der Waals surface area contributed by atoms with Crippen LogP contribution in [0.3, 0.4) is 0 Å². The summed E-state index contributed by atoms with van der Waals surface area (Å²) in [4.78, 5) is 0.944. The molecule has 1 aromatic heterocycles. The van der Waals surface area contributed by atoms with Gasteiger partial charge >= 0.3 is 0 Å². The maximum atomic E-state index is 14.0. The van der Waals surface area contributed by atoms with Crippen LogP contribution < -0.4 is 5.32 Å². The molecule has 0 aliphatic heterocycles. The fourth-order valence-electron chi connectivity index (χ4n) is 1.81. The van der Waals surface area contributed by atoms with Crippen molar-refractivity contribution in [3.05, 3.63) is 54.4 Å². The van der Waals surface area contributed by atoms with E-state index in [2.05, 4.69) is 21.2 Å². The molecule has 0 amide bonds. The van der Waals surface area contributed by atoms with Crippen molar-refractivity contribution in [3.8, 4) is 0 Å². The predicted molar refractivity (Wildman–Crippen MR) is 84.0 cm³/mol. The third-order valence-electron chi connectivity index (χ3n) is 2.63. The maximum absolute atomic E-state index is 14.0. The molecule has 2 aromatic rings. The Balaban J connectivity index is 2.47. The average molecular weight is 383 g/mol. The van der Waals surface area contributed by atoms with Gasteiger partial charge in [-0.3, -0.25) is 0 Å². The third-order valence-corrected chi connectivity index (χ3v) is 5.40. The number of rotatable bonds is 4. The van der Waals surface area contributed by atoms with Gasteiger partial charge in [0, 0.05) is 19.9 Å². The van der Waals surface area contributed by atoms with Crippen LogP contribution in [0.2, 0.25) is 9.36 Å². The average Bonchev–Trinajstić information content (AvgIpc) is 2.70. The monoisotopic (exact) mass is 381 g/mol. The van der Waals surface area contributed by atoms with Crippen LogP contribution in [0.15, 0.2) is 28.7 Å². The van der Waals surface area contributed by atoms with E-state index >= 15 is 0 Å². The second-order valence-corrected chi connectivity index (χ2v) is 6.90. The summed E-state index contributed by atoms with van der Waals surface area (Å²) in [6.07, 6.45) is 0. The van der Waals surface area contributed by atoms with E-state index in [1.165, 1.54) is 17.4 Å². The van der Waals surface area contributed by atoms with Crippen molar-refractivity contribution >= 4 is 50.5 Å². The zero-order valence-electron chi connectivity index (χ0n) is 10.0.